The molecule has 0 bridgehead atoms. The quantitative estimate of drug-likeness (QED) is 0.794. The third-order valence-corrected chi connectivity index (χ3v) is 5.65. The van der Waals surface area contributed by atoms with Crippen LogP contribution in [0.25, 0.3) is 0 Å². The predicted molar refractivity (Wildman–Crippen MR) is 76.8 cm³/mol. The van der Waals surface area contributed by atoms with Crippen LogP contribution in [0.15, 0.2) is 0 Å². The first-order valence-corrected chi connectivity index (χ1v) is 8.39. The fraction of sp³-hybridized carbons (Fsp3) is 1.00. The van der Waals surface area contributed by atoms with Crippen molar-refractivity contribution in [2.45, 2.75) is 70.6 Å². The van der Waals surface area contributed by atoms with E-state index in [1.54, 1.807) is 0 Å². The van der Waals surface area contributed by atoms with E-state index in [9.17, 15) is 4.21 Å². The first kappa shape index (κ1) is 15.2. The Bertz CT molecular complexity index is 247. The second-order valence-electron chi connectivity index (χ2n) is 6.20. The first-order valence-electron chi connectivity index (χ1n) is 7.07. The van der Waals surface area contributed by atoms with Gasteiger partial charge in [0.1, 0.15) is 0 Å². The van der Waals surface area contributed by atoms with Crippen molar-refractivity contribution in [3.05, 3.63) is 0 Å². The Labute approximate surface area is 109 Å². The maximum absolute atomic E-state index is 12.0. The topological polar surface area (TPSA) is 29.1 Å². The fourth-order valence-electron chi connectivity index (χ4n) is 2.55. The molecule has 1 saturated carbocycles. The van der Waals surface area contributed by atoms with Crippen molar-refractivity contribution in [2.24, 2.45) is 5.92 Å². The Morgan fingerprint density at radius 1 is 1.29 bits per heavy atom. The van der Waals surface area contributed by atoms with E-state index in [1.165, 1.54) is 25.7 Å². The summed E-state index contributed by atoms with van der Waals surface area (Å²) in [5.41, 5.74) is 0. The zero-order valence-corrected chi connectivity index (χ0v) is 12.7. The van der Waals surface area contributed by atoms with Crippen LogP contribution in [0.2, 0.25) is 0 Å². The SMILES string of the molecule is CCCNC1CCCC1CCS(=O)C(C)(C)C. The van der Waals surface area contributed by atoms with Gasteiger partial charge in [0.15, 0.2) is 0 Å². The Balaban J connectivity index is 2.33. The van der Waals surface area contributed by atoms with Crippen molar-refractivity contribution < 1.29 is 4.21 Å². The van der Waals surface area contributed by atoms with Crippen LogP contribution >= 0.6 is 0 Å². The molecule has 1 aliphatic carbocycles. The number of hydrogen-bond donors (Lipinski definition) is 1. The number of rotatable bonds is 6. The summed E-state index contributed by atoms with van der Waals surface area (Å²) in [5, 5.41) is 3.64. The van der Waals surface area contributed by atoms with Crippen LogP contribution < -0.4 is 5.32 Å². The molecule has 2 nitrogen and oxygen atoms in total. The van der Waals surface area contributed by atoms with E-state index in [0.29, 0.717) is 6.04 Å². The zero-order valence-electron chi connectivity index (χ0n) is 11.9. The Morgan fingerprint density at radius 2 is 2.00 bits per heavy atom. The van der Waals surface area contributed by atoms with Gasteiger partial charge >= 0.3 is 0 Å². The maximum atomic E-state index is 12.0. The van der Waals surface area contributed by atoms with Gasteiger partial charge in [-0.05, 0) is 58.9 Å². The summed E-state index contributed by atoms with van der Waals surface area (Å²) in [4.78, 5) is 0. The molecule has 17 heavy (non-hydrogen) atoms. The monoisotopic (exact) mass is 259 g/mol. The zero-order chi connectivity index (χ0) is 12.9. The van der Waals surface area contributed by atoms with Gasteiger partial charge < -0.3 is 5.32 Å². The van der Waals surface area contributed by atoms with Crippen LogP contribution in [0, 0.1) is 5.92 Å². The molecule has 0 spiro atoms. The van der Waals surface area contributed by atoms with Crippen molar-refractivity contribution in [2.75, 3.05) is 12.3 Å². The van der Waals surface area contributed by atoms with E-state index >= 15 is 0 Å². The molecular formula is C14H29NOS. The average molecular weight is 259 g/mol. The lowest BCUT2D eigenvalue weighted by molar-refractivity contribution is 0.392. The molecule has 3 heteroatoms. The molecule has 0 aromatic rings. The summed E-state index contributed by atoms with van der Waals surface area (Å²) < 4.78 is 12.0. The third-order valence-electron chi connectivity index (χ3n) is 3.67. The molecule has 102 valence electrons. The van der Waals surface area contributed by atoms with Crippen LogP contribution in [-0.4, -0.2) is 27.3 Å². The molecule has 1 N–H and O–H groups in total. The van der Waals surface area contributed by atoms with Gasteiger partial charge in [-0.25, -0.2) is 0 Å². The van der Waals surface area contributed by atoms with Gasteiger partial charge in [-0.2, -0.15) is 0 Å². The maximum Gasteiger partial charge on any atom is 0.0375 e. The molecular weight excluding hydrogens is 230 g/mol. The molecule has 0 aromatic carbocycles. The third kappa shape index (κ3) is 5.09. The average Bonchev–Trinajstić information content (AvgIpc) is 2.69. The van der Waals surface area contributed by atoms with Crippen molar-refractivity contribution in [3.63, 3.8) is 0 Å². The summed E-state index contributed by atoms with van der Waals surface area (Å²) in [6.07, 6.45) is 6.31. The number of hydrogen-bond acceptors (Lipinski definition) is 2. The standard InChI is InChI=1S/C14H29NOS/c1-5-10-15-13-8-6-7-12(13)9-11-17(16)14(2,3)4/h12-13,15H,5-11H2,1-4H3. The summed E-state index contributed by atoms with van der Waals surface area (Å²) in [7, 11) is -0.682. The van der Waals surface area contributed by atoms with Gasteiger partial charge in [-0.15, -0.1) is 0 Å². The van der Waals surface area contributed by atoms with E-state index in [0.717, 1.165) is 24.6 Å². The van der Waals surface area contributed by atoms with Crippen molar-refractivity contribution >= 4 is 10.8 Å². The molecule has 1 aliphatic rings. The molecule has 1 fully saturated rings. The van der Waals surface area contributed by atoms with Crippen LogP contribution in [0.3, 0.4) is 0 Å². The minimum absolute atomic E-state index is 0.0506. The van der Waals surface area contributed by atoms with Crippen LogP contribution in [0.5, 0.6) is 0 Å². The molecule has 3 atom stereocenters. The molecule has 0 radical (unpaired) electrons. The van der Waals surface area contributed by atoms with Crippen LogP contribution in [-0.2, 0) is 10.8 Å². The predicted octanol–water partition coefficient (Wildman–Crippen LogP) is 3.09. The summed E-state index contributed by atoms with van der Waals surface area (Å²) in [6.45, 7) is 9.56. The summed E-state index contributed by atoms with van der Waals surface area (Å²) in [6, 6.07) is 0.687. The van der Waals surface area contributed by atoms with E-state index in [1.807, 2.05) is 0 Å². The minimum Gasteiger partial charge on any atom is -0.314 e. The van der Waals surface area contributed by atoms with Crippen LogP contribution in [0.4, 0.5) is 0 Å². The van der Waals surface area contributed by atoms with Crippen molar-refractivity contribution in [1.29, 1.82) is 0 Å². The van der Waals surface area contributed by atoms with Gasteiger partial charge in [0.2, 0.25) is 0 Å². The van der Waals surface area contributed by atoms with Crippen LogP contribution in [0.1, 0.15) is 59.8 Å². The lowest BCUT2D eigenvalue weighted by Crippen LogP contribution is -2.34. The van der Waals surface area contributed by atoms with E-state index in [2.05, 4.69) is 33.0 Å². The fourth-order valence-corrected chi connectivity index (χ4v) is 3.67. The Kier molecular flexibility index (Phi) is 6.14. The van der Waals surface area contributed by atoms with Gasteiger partial charge in [0, 0.05) is 27.3 Å². The van der Waals surface area contributed by atoms with Gasteiger partial charge in [-0.3, -0.25) is 4.21 Å². The Hall–Kier alpha value is 0.110. The lowest BCUT2D eigenvalue weighted by Gasteiger charge is -2.23. The second-order valence-corrected chi connectivity index (χ2v) is 8.53. The van der Waals surface area contributed by atoms with E-state index in [-0.39, 0.29) is 4.75 Å². The summed E-state index contributed by atoms with van der Waals surface area (Å²) in [5.74, 6) is 1.63. The van der Waals surface area contributed by atoms with Crippen molar-refractivity contribution in [3.8, 4) is 0 Å². The van der Waals surface area contributed by atoms with E-state index < -0.39 is 10.8 Å². The minimum atomic E-state index is -0.682. The summed E-state index contributed by atoms with van der Waals surface area (Å²) >= 11 is 0. The van der Waals surface area contributed by atoms with E-state index in [4.69, 9.17) is 0 Å². The largest absolute Gasteiger partial charge is 0.314 e. The normalized spacial score (nSPS) is 27.3. The molecule has 3 unspecified atom stereocenters. The highest BCUT2D eigenvalue weighted by molar-refractivity contribution is 7.86. The van der Waals surface area contributed by atoms with Crippen molar-refractivity contribution in [1.82, 2.24) is 5.32 Å². The van der Waals surface area contributed by atoms with Gasteiger partial charge in [0.25, 0.3) is 0 Å². The molecule has 0 heterocycles. The van der Waals surface area contributed by atoms with Gasteiger partial charge in [-0.1, -0.05) is 13.3 Å². The first-order chi connectivity index (χ1) is 7.95. The molecule has 1 rings (SSSR count). The molecule has 0 aromatic heterocycles. The molecule has 0 saturated heterocycles. The Morgan fingerprint density at radius 3 is 2.59 bits per heavy atom. The molecule has 0 amide bonds. The lowest BCUT2D eigenvalue weighted by atomic mass is 10.0. The second kappa shape index (κ2) is 6.89. The molecule has 0 aliphatic heterocycles. The highest BCUT2D eigenvalue weighted by Gasteiger charge is 2.28. The van der Waals surface area contributed by atoms with Gasteiger partial charge in [0.05, 0.1) is 0 Å². The number of nitrogens with one attached hydrogen (secondary N) is 1. The highest BCUT2D eigenvalue weighted by atomic mass is 32.2. The smallest absolute Gasteiger partial charge is 0.0375 e. The highest BCUT2D eigenvalue weighted by Crippen LogP contribution is 2.29.